The molecule has 1 rings (SSSR count). The Morgan fingerprint density at radius 1 is 1.67 bits per heavy atom. The van der Waals surface area contributed by atoms with Gasteiger partial charge in [-0.3, -0.25) is 4.79 Å². The number of nitrogens with zero attached hydrogens (tertiary/aromatic N) is 1. The van der Waals surface area contributed by atoms with Gasteiger partial charge in [0.1, 0.15) is 0 Å². The summed E-state index contributed by atoms with van der Waals surface area (Å²) < 4.78 is 12.6. The number of thiophene rings is 1. The van der Waals surface area contributed by atoms with E-state index in [9.17, 15) is 9.18 Å². The molecule has 0 saturated heterocycles. The van der Waals surface area contributed by atoms with Crippen molar-refractivity contribution in [2.45, 2.75) is 20.3 Å². The zero-order valence-electron chi connectivity index (χ0n) is 8.66. The third kappa shape index (κ3) is 4.20. The van der Waals surface area contributed by atoms with Crippen molar-refractivity contribution in [3.63, 3.8) is 0 Å². The van der Waals surface area contributed by atoms with Gasteiger partial charge in [-0.25, -0.2) is 5.43 Å². The SMILES string of the molecule is CC(C)CC=NNC(=O)c1ccc(F)s1. The smallest absolute Gasteiger partial charge is 0.266 e. The summed E-state index contributed by atoms with van der Waals surface area (Å²) >= 11 is 0.808. The Balaban J connectivity index is 2.40. The number of hydrazone groups is 1. The molecule has 15 heavy (non-hydrogen) atoms. The van der Waals surface area contributed by atoms with E-state index >= 15 is 0 Å². The third-order valence-electron chi connectivity index (χ3n) is 1.63. The highest BCUT2D eigenvalue weighted by Gasteiger charge is 2.07. The van der Waals surface area contributed by atoms with E-state index < -0.39 is 0 Å². The number of rotatable bonds is 4. The highest BCUT2D eigenvalue weighted by molar-refractivity contribution is 7.12. The van der Waals surface area contributed by atoms with E-state index in [4.69, 9.17) is 0 Å². The standard InChI is InChI=1S/C10H13FN2OS/c1-7(2)5-6-12-13-10(14)8-3-4-9(11)15-8/h3-4,6-7H,5H2,1-2H3,(H,13,14). The maximum Gasteiger partial charge on any atom is 0.281 e. The Labute approximate surface area is 92.0 Å². The fourth-order valence-corrected chi connectivity index (χ4v) is 1.48. The maximum absolute atomic E-state index is 12.6. The van der Waals surface area contributed by atoms with Crippen LogP contribution < -0.4 is 5.43 Å². The Kier molecular flexibility index (Phi) is 4.42. The number of carbonyl (C=O) groups excluding carboxylic acids is 1. The van der Waals surface area contributed by atoms with Crippen LogP contribution in [-0.4, -0.2) is 12.1 Å². The minimum Gasteiger partial charge on any atom is -0.266 e. The number of hydrogen-bond acceptors (Lipinski definition) is 3. The lowest BCUT2D eigenvalue weighted by Gasteiger charge is -1.97. The second-order valence-electron chi connectivity index (χ2n) is 3.49. The lowest BCUT2D eigenvalue weighted by molar-refractivity contribution is 0.0959. The van der Waals surface area contributed by atoms with Crippen LogP contribution in [0, 0.1) is 11.0 Å². The Hall–Kier alpha value is -1.23. The van der Waals surface area contributed by atoms with Gasteiger partial charge in [-0.2, -0.15) is 9.49 Å². The zero-order chi connectivity index (χ0) is 11.3. The van der Waals surface area contributed by atoms with Crippen LogP contribution in [0.3, 0.4) is 0 Å². The van der Waals surface area contributed by atoms with Crippen LogP contribution in [0.25, 0.3) is 0 Å². The largest absolute Gasteiger partial charge is 0.281 e. The van der Waals surface area contributed by atoms with Crippen LogP contribution in [-0.2, 0) is 0 Å². The van der Waals surface area contributed by atoms with Crippen molar-refractivity contribution in [1.29, 1.82) is 0 Å². The lowest BCUT2D eigenvalue weighted by atomic mass is 10.2. The predicted molar refractivity (Wildman–Crippen MR) is 59.7 cm³/mol. The quantitative estimate of drug-likeness (QED) is 0.624. The molecule has 0 aliphatic heterocycles. The lowest BCUT2D eigenvalue weighted by Crippen LogP contribution is -2.16. The van der Waals surface area contributed by atoms with Gasteiger partial charge in [-0.15, -0.1) is 11.3 Å². The third-order valence-corrected chi connectivity index (χ3v) is 2.50. The monoisotopic (exact) mass is 228 g/mol. The van der Waals surface area contributed by atoms with Gasteiger partial charge < -0.3 is 0 Å². The molecule has 0 radical (unpaired) electrons. The van der Waals surface area contributed by atoms with Crippen molar-refractivity contribution in [1.82, 2.24) is 5.43 Å². The normalized spacial score (nSPS) is 11.2. The predicted octanol–water partition coefficient (Wildman–Crippen LogP) is 2.65. The highest BCUT2D eigenvalue weighted by atomic mass is 32.1. The molecule has 1 aromatic rings. The molecule has 1 aromatic heterocycles. The molecule has 1 heterocycles. The molecule has 0 aromatic carbocycles. The van der Waals surface area contributed by atoms with Crippen molar-refractivity contribution in [2.24, 2.45) is 11.0 Å². The minimum absolute atomic E-state index is 0.328. The molecule has 0 fully saturated rings. The fourth-order valence-electron chi connectivity index (χ4n) is 0.859. The Morgan fingerprint density at radius 3 is 2.93 bits per heavy atom. The van der Waals surface area contributed by atoms with Crippen molar-refractivity contribution in [3.8, 4) is 0 Å². The molecule has 0 saturated carbocycles. The van der Waals surface area contributed by atoms with E-state index in [1.54, 1.807) is 6.21 Å². The van der Waals surface area contributed by atoms with Crippen molar-refractivity contribution in [3.05, 3.63) is 22.1 Å². The first-order valence-electron chi connectivity index (χ1n) is 4.67. The average molecular weight is 228 g/mol. The molecule has 0 bridgehead atoms. The minimum atomic E-state index is -0.371. The van der Waals surface area contributed by atoms with Crippen LogP contribution in [0.2, 0.25) is 0 Å². The van der Waals surface area contributed by atoms with Crippen LogP contribution in [0.5, 0.6) is 0 Å². The second-order valence-corrected chi connectivity index (χ2v) is 4.52. The molecular formula is C10H13FN2OS. The molecule has 0 aliphatic rings. The van der Waals surface area contributed by atoms with E-state index in [0.29, 0.717) is 10.8 Å². The number of nitrogens with one attached hydrogen (secondary N) is 1. The maximum atomic E-state index is 12.6. The topological polar surface area (TPSA) is 41.5 Å². The molecule has 1 N–H and O–H groups in total. The second kappa shape index (κ2) is 5.60. The molecule has 3 nitrogen and oxygen atoms in total. The Morgan fingerprint density at radius 2 is 2.40 bits per heavy atom. The van der Waals surface area contributed by atoms with Gasteiger partial charge in [0.05, 0.1) is 4.88 Å². The van der Waals surface area contributed by atoms with E-state index in [2.05, 4.69) is 24.4 Å². The van der Waals surface area contributed by atoms with E-state index in [0.717, 1.165) is 17.8 Å². The van der Waals surface area contributed by atoms with Crippen LogP contribution in [0.15, 0.2) is 17.2 Å². The molecular weight excluding hydrogens is 215 g/mol. The van der Waals surface area contributed by atoms with Gasteiger partial charge in [0.2, 0.25) is 0 Å². The van der Waals surface area contributed by atoms with Gasteiger partial charge in [-0.05, 0) is 24.5 Å². The van der Waals surface area contributed by atoms with Gasteiger partial charge in [0, 0.05) is 6.21 Å². The molecule has 0 unspecified atom stereocenters. The van der Waals surface area contributed by atoms with Crippen LogP contribution in [0.4, 0.5) is 4.39 Å². The molecule has 0 aliphatic carbocycles. The van der Waals surface area contributed by atoms with Crippen LogP contribution in [0.1, 0.15) is 29.9 Å². The summed E-state index contributed by atoms with van der Waals surface area (Å²) in [7, 11) is 0. The van der Waals surface area contributed by atoms with E-state index in [1.807, 2.05) is 0 Å². The van der Waals surface area contributed by atoms with E-state index in [1.165, 1.54) is 12.1 Å². The first kappa shape index (κ1) is 11.8. The van der Waals surface area contributed by atoms with Gasteiger partial charge in [0.15, 0.2) is 5.13 Å². The van der Waals surface area contributed by atoms with Crippen LogP contribution >= 0.6 is 11.3 Å². The first-order valence-corrected chi connectivity index (χ1v) is 5.48. The number of hydrogen-bond donors (Lipinski definition) is 1. The van der Waals surface area contributed by atoms with Crippen molar-refractivity contribution >= 4 is 23.5 Å². The number of halogens is 1. The Bertz CT molecular complexity index is 360. The first-order chi connectivity index (χ1) is 7.09. The molecule has 1 amide bonds. The van der Waals surface area contributed by atoms with E-state index in [-0.39, 0.29) is 11.0 Å². The van der Waals surface area contributed by atoms with Gasteiger partial charge >= 0.3 is 0 Å². The fraction of sp³-hybridized carbons (Fsp3) is 0.400. The molecule has 0 atom stereocenters. The van der Waals surface area contributed by atoms with Crippen molar-refractivity contribution < 1.29 is 9.18 Å². The summed E-state index contributed by atoms with van der Waals surface area (Å²) in [5.41, 5.74) is 2.34. The number of amides is 1. The summed E-state index contributed by atoms with van der Waals surface area (Å²) in [6, 6.07) is 2.70. The summed E-state index contributed by atoms with van der Waals surface area (Å²) in [5.74, 6) is 0.133. The average Bonchev–Trinajstić information content (AvgIpc) is 2.59. The molecule has 82 valence electrons. The summed E-state index contributed by atoms with van der Waals surface area (Å²) in [6.45, 7) is 4.12. The van der Waals surface area contributed by atoms with Gasteiger partial charge in [0.25, 0.3) is 5.91 Å². The molecule has 0 spiro atoms. The zero-order valence-corrected chi connectivity index (χ0v) is 9.47. The molecule has 5 heteroatoms. The number of carbonyl (C=O) groups is 1. The highest BCUT2D eigenvalue weighted by Crippen LogP contribution is 2.13. The van der Waals surface area contributed by atoms with Crippen molar-refractivity contribution in [2.75, 3.05) is 0 Å². The summed E-state index contributed by atoms with van der Waals surface area (Å²) in [5, 5.41) is 3.39. The van der Waals surface area contributed by atoms with Gasteiger partial charge in [-0.1, -0.05) is 13.8 Å². The summed E-state index contributed by atoms with van der Waals surface area (Å²) in [4.78, 5) is 11.6. The summed E-state index contributed by atoms with van der Waals surface area (Å²) in [6.07, 6.45) is 2.45.